The van der Waals surface area contributed by atoms with E-state index < -0.39 is 5.82 Å². The molecule has 0 saturated heterocycles. The van der Waals surface area contributed by atoms with Gasteiger partial charge in [-0.1, -0.05) is 37.3 Å². The second-order valence-corrected chi connectivity index (χ2v) is 10.8. The zero-order valence-corrected chi connectivity index (χ0v) is 25.5. The Kier molecular flexibility index (Phi) is 10.3. The van der Waals surface area contributed by atoms with Crippen LogP contribution in [0.15, 0.2) is 72.9 Å². The summed E-state index contributed by atoms with van der Waals surface area (Å²) in [5, 5.41) is 10.9. The van der Waals surface area contributed by atoms with Crippen LogP contribution in [0.1, 0.15) is 55.0 Å². The van der Waals surface area contributed by atoms with Crippen LogP contribution in [0.25, 0.3) is 22.0 Å². The fourth-order valence-corrected chi connectivity index (χ4v) is 5.49. The first-order valence-electron chi connectivity index (χ1n) is 13.5. The SMILES string of the molecule is CC/C(=C(/c1ccc(OCCCC/C=C/C(=O)N(C)C)nc1)c1[nH]c2ccccc2c1I)c1ccc(F)cc1C#N. The van der Waals surface area contributed by atoms with Crippen molar-refractivity contribution in [3.05, 3.63) is 105 Å². The number of para-hydroxylation sites is 1. The van der Waals surface area contributed by atoms with E-state index in [9.17, 15) is 14.4 Å². The van der Waals surface area contributed by atoms with Gasteiger partial charge in [0, 0.05) is 52.0 Å². The van der Waals surface area contributed by atoms with Gasteiger partial charge in [-0.15, -0.1) is 0 Å². The Balaban J connectivity index is 1.63. The zero-order valence-electron chi connectivity index (χ0n) is 23.4. The van der Waals surface area contributed by atoms with E-state index in [1.165, 1.54) is 12.1 Å². The molecule has 0 radical (unpaired) electrons. The number of rotatable bonds is 11. The fraction of sp³-hybridized carbons (Fsp3) is 0.242. The molecule has 0 fully saturated rings. The first-order chi connectivity index (χ1) is 19.8. The van der Waals surface area contributed by atoms with Crippen molar-refractivity contribution in [3.63, 3.8) is 0 Å². The van der Waals surface area contributed by atoms with E-state index in [4.69, 9.17) is 4.74 Å². The van der Waals surface area contributed by atoms with E-state index in [1.807, 2.05) is 43.3 Å². The van der Waals surface area contributed by atoms with Crippen molar-refractivity contribution >= 4 is 50.5 Å². The Morgan fingerprint density at radius 3 is 2.66 bits per heavy atom. The smallest absolute Gasteiger partial charge is 0.245 e. The van der Waals surface area contributed by atoms with Crippen molar-refractivity contribution in [2.24, 2.45) is 0 Å². The third-order valence-corrected chi connectivity index (χ3v) is 7.84. The number of carbonyl (C=O) groups excluding carboxylic acids is 1. The van der Waals surface area contributed by atoms with Gasteiger partial charge >= 0.3 is 0 Å². The summed E-state index contributed by atoms with van der Waals surface area (Å²) in [6.07, 6.45) is 8.43. The maximum atomic E-state index is 14.0. The van der Waals surface area contributed by atoms with Gasteiger partial charge in [0.1, 0.15) is 5.82 Å². The van der Waals surface area contributed by atoms with Crippen LogP contribution < -0.4 is 4.74 Å². The largest absolute Gasteiger partial charge is 0.478 e. The van der Waals surface area contributed by atoms with Crippen molar-refractivity contribution in [3.8, 4) is 11.9 Å². The summed E-state index contributed by atoms with van der Waals surface area (Å²) in [4.78, 5) is 21.3. The maximum Gasteiger partial charge on any atom is 0.245 e. The Bertz CT molecular complexity index is 1630. The van der Waals surface area contributed by atoms with Gasteiger partial charge in [-0.05, 0) is 89.8 Å². The summed E-state index contributed by atoms with van der Waals surface area (Å²) in [6.45, 7) is 2.55. The molecule has 0 unspecified atom stereocenters. The number of nitrogens with zero attached hydrogens (tertiary/aromatic N) is 3. The minimum Gasteiger partial charge on any atom is -0.478 e. The van der Waals surface area contributed by atoms with Gasteiger partial charge < -0.3 is 14.6 Å². The number of unbranched alkanes of at least 4 members (excludes halogenated alkanes) is 2. The molecule has 8 heteroatoms. The number of H-pyrrole nitrogens is 1. The highest BCUT2D eigenvalue weighted by atomic mass is 127. The minimum absolute atomic E-state index is 0.0180. The Morgan fingerprint density at radius 1 is 1.17 bits per heavy atom. The number of benzene rings is 2. The predicted octanol–water partition coefficient (Wildman–Crippen LogP) is 7.74. The van der Waals surface area contributed by atoms with Gasteiger partial charge in [0.15, 0.2) is 0 Å². The van der Waals surface area contributed by atoms with Crippen LogP contribution in [0.4, 0.5) is 4.39 Å². The third kappa shape index (κ3) is 7.22. The molecule has 1 amide bonds. The maximum absolute atomic E-state index is 14.0. The second kappa shape index (κ2) is 14.1. The summed E-state index contributed by atoms with van der Waals surface area (Å²) in [5.74, 6) is 0.0645. The zero-order chi connectivity index (χ0) is 29.4. The van der Waals surface area contributed by atoms with E-state index in [1.54, 1.807) is 37.3 Å². The molecule has 2 heterocycles. The van der Waals surface area contributed by atoms with Crippen molar-refractivity contribution in [2.45, 2.75) is 32.6 Å². The summed E-state index contributed by atoms with van der Waals surface area (Å²) < 4.78 is 21.0. The number of aromatic amines is 1. The molecule has 0 aliphatic carbocycles. The Morgan fingerprint density at radius 2 is 1.98 bits per heavy atom. The average Bonchev–Trinajstić information content (AvgIpc) is 3.31. The number of amides is 1. The number of aromatic nitrogens is 2. The molecule has 6 nitrogen and oxygen atoms in total. The Labute approximate surface area is 253 Å². The first-order valence-corrected chi connectivity index (χ1v) is 14.6. The molecule has 0 atom stereocenters. The van der Waals surface area contributed by atoms with Gasteiger partial charge in [-0.25, -0.2) is 9.37 Å². The lowest BCUT2D eigenvalue weighted by Crippen LogP contribution is -2.18. The van der Waals surface area contributed by atoms with Crippen LogP contribution in [-0.2, 0) is 4.79 Å². The summed E-state index contributed by atoms with van der Waals surface area (Å²) in [5.41, 5.74) is 5.61. The number of nitrogens with one attached hydrogen (secondary N) is 1. The Hall–Kier alpha value is -3.97. The molecule has 0 spiro atoms. The predicted molar refractivity (Wildman–Crippen MR) is 170 cm³/mol. The summed E-state index contributed by atoms with van der Waals surface area (Å²) in [6, 6.07) is 18.5. The normalized spacial score (nSPS) is 11.9. The highest BCUT2D eigenvalue weighted by Gasteiger charge is 2.21. The third-order valence-electron chi connectivity index (χ3n) is 6.72. The molecule has 41 heavy (non-hydrogen) atoms. The second-order valence-electron chi connectivity index (χ2n) is 9.73. The molecule has 0 saturated carbocycles. The standard InChI is InChI=1S/C33H32FIN4O2/c1-4-25(26-16-15-24(34)19-23(26)20-36)31(33-32(35)27-11-8-9-12-28(27)38-33)22-14-17-29(37-21-22)41-18-10-6-5-7-13-30(40)39(2)3/h7-9,11-17,19,21,38H,4-6,10,18H2,1-3H3/b13-7+,31-25+. The molecule has 2 aromatic heterocycles. The van der Waals surface area contributed by atoms with Crippen LogP contribution in [-0.4, -0.2) is 41.5 Å². The number of hydrogen-bond donors (Lipinski definition) is 1. The molecule has 4 rings (SSSR count). The number of pyridine rings is 1. The quantitative estimate of drug-likeness (QED) is 0.101. The van der Waals surface area contributed by atoms with Crippen molar-refractivity contribution in [1.82, 2.24) is 14.9 Å². The highest BCUT2D eigenvalue weighted by Crippen LogP contribution is 2.39. The van der Waals surface area contributed by atoms with Crippen LogP contribution in [0.2, 0.25) is 0 Å². The molecule has 0 aliphatic heterocycles. The topological polar surface area (TPSA) is 82.0 Å². The number of likely N-dealkylation sites (N-methyl/N-ethyl adjacent to an activating group) is 1. The molecule has 4 aromatic rings. The van der Waals surface area contributed by atoms with Crippen LogP contribution in [0.3, 0.4) is 0 Å². The fourth-order valence-electron chi connectivity index (χ4n) is 4.61. The number of halogens is 2. The summed E-state index contributed by atoms with van der Waals surface area (Å²) >= 11 is 2.35. The van der Waals surface area contributed by atoms with E-state index in [2.05, 4.69) is 44.7 Å². The summed E-state index contributed by atoms with van der Waals surface area (Å²) in [7, 11) is 3.46. The van der Waals surface area contributed by atoms with Gasteiger partial charge in [0.05, 0.1) is 23.9 Å². The highest BCUT2D eigenvalue weighted by molar-refractivity contribution is 14.1. The van der Waals surface area contributed by atoms with E-state index >= 15 is 0 Å². The number of hydrogen-bond acceptors (Lipinski definition) is 4. The molecule has 0 aliphatic rings. The van der Waals surface area contributed by atoms with E-state index in [0.717, 1.165) is 56.1 Å². The minimum atomic E-state index is -0.441. The molecular weight excluding hydrogens is 630 g/mol. The van der Waals surface area contributed by atoms with Gasteiger partial charge in [-0.2, -0.15) is 5.26 Å². The molecular formula is C33H32FIN4O2. The number of carbonyl (C=O) groups is 1. The average molecular weight is 663 g/mol. The monoisotopic (exact) mass is 662 g/mol. The van der Waals surface area contributed by atoms with Gasteiger partial charge in [-0.3, -0.25) is 4.79 Å². The van der Waals surface area contributed by atoms with Crippen LogP contribution in [0, 0.1) is 20.7 Å². The van der Waals surface area contributed by atoms with Crippen LogP contribution >= 0.6 is 22.6 Å². The number of fused-ring (bicyclic) bond motifs is 1. The lowest BCUT2D eigenvalue weighted by molar-refractivity contribution is -0.123. The van der Waals surface area contributed by atoms with Gasteiger partial charge in [0.2, 0.25) is 11.8 Å². The molecule has 0 bridgehead atoms. The van der Waals surface area contributed by atoms with Crippen molar-refractivity contribution < 1.29 is 13.9 Å². The lowest BCUT2D eigenvalue weighted by atomic mass is 9.89. The van der Waals surface area contributed by atoms with Crippen molar-refractivity contribution in [1.29, 1.82) is 5.26 Å². The van der Waals surface area contributed by atoms with Gasteiger partial charge in [0.25, 0.3) is 0 Å². The number of allylic oxidation sites excluding steroid dienone is 2. The first kappa shape index (κ1) is 30.0. The molecule has 210 valence electrons. The van der Waals surface area contributed by atoms with Crippen LogP contribution in [0.5, 0.6) is 5.88 Å². The molecule has 2 aromatic carbocycles. The van der Waals surface area contributed by atoms with Crippen molar-refractivity contribution in [2.75, 3.05) is 20.7 Å². The lowest BCUT2D eigenvalue weighted by Gasteiger charge is -2.17. The molecule has 1 N–H and O–H groups in total. The van der Waals surface area contributed by atoms with E-state index in [-0.39, 0.29) is 5.91 Å². The van der Waals surface area contributed by atoms with E-state index in [0.29, 0.717) is 30.0 Å². The number of ether oxygens (including phenoxy) is 1. The number of nitriles is 1.